The molecule has 0 spiro atoms. The molecule has 0 heterocycles. The van der Waals surface area contributed by atoms with Crippen LogP contribution in [0.5, 0.6) is 0 Å². The first-order chi connectivity index (χ1) is 8.61. The van der Waals surface area contributed by atoms with Crippen molar-refractivity contribution >= 4 is 5.91 Å². The monoisotopic (exact) mass is 245 g/mol. The molecule has 0 bridgehead atoms. The van der Waals surface area contributed by atoms with Crippen LogP contribution in [0.25, 0.3) is 0 Å². The van der Waals surface area contributed by atoms with E-state index in [9.17, 15) is 9.18 Å². The Kier molecular flexibility index (Phi) is 3.66. The van der Waals surface area contributed by atoms with Crippen LogP contribution in [0.3, 0.4) is 0 Å². The molecule has 2 nitrogen and oxygen atoms in total. The minimum atomic E-state index is -0.393. The average Bonchev–Trinajstić information content (AvgIpc) is 3.15. The maximum atomic E-state index is 13.2. The average molecular weight is 245 g/mol. The smallest absolute Gasteiger partial charge is 0.255 e. The van der Waals surface area contributed by atoms with Crippen LogP contribution in [-0.4, -0.2) is 23.9 Å². The summed E-state index contributed by atoms with van der Waals surface area (Å²) in [7, 11) is 0. The fraction of sp³-hybridized carbons (Fsp3) is 0.400. The fourth-order valence-corrected chi connectivity index (χ4v) is 1.94. The molecule has 1 amide bonds. The summed E-state index contributed by atoms with van der Waals surface area (Å²) in [6.45, 7) is 2.77. The summed E-state index contributed by atoms with van der Waals surface area (Å²) < 4.78 is 13.2. The number of benzene rings is 1. The van der Waals surface area contributed by atoms with E-state index < -0.39 is 5.82 Å². The SMILES string of the molecule is C#CCN(CC1CC1)C(=O)c1cc(F)ccc1C. The quantitative estimate of drug-likeness (QED) is 0.747. The normalized spacial score (nSPS) is 14.1. The Hall–Kier alpha value is -1.82. The van der Waals surface area contributed by atoms with Crippen molar-refractivity contribution in [2.24, 2.45) is 5.92 Å². The van der Waals surface area contributed by atoms with Gasteiger partial charge in [0.15, 0.2) is 0 Å². The summed E-state index contributed by atoms with van der Waals surface area (Å²) in [6, 6.07) is 4.26. The summed E-state index contributed by atoms with van der Waals surface area (Å²) in [5.74, 6) is 2.50. The highest BCUT2D eigenvalue weighted by Crippen LogP contribution is 2.30. The van der Waals surface area contributed by atoms with Crippen molar-refractivity contribution in [3.8, 4) is 12.3 Å². The number of hydrogen-bond donors (Lipinski definition) is 0. The van der Waals surface area contributed by atoms with E-state index in [1.54, 1.807) is 17.9 Å². The van der Waals surface area contributed by atoms with Gasteiger partial charge in [-0.1, -0.05) is 12.0 Å². The molecule has 0 N–H and O–H groups in total. The van der Waals surface area contributed by atoms with Crippen molar-refractivity contribution in [1.29, 1.82) is 0 Å². The topological polar surface area (TPSA) is 20.3 Å². The number of terminal acetylenes is 1. The predicted octanol–water partition coefficient (Wildman–Crippen LogP) is 2.62. The lowest BCUT2D eigenvalue weighted by Gasteiger charge is -2.21. The number of aryl methyl sites for hydroxylation is 1. The highest BCUT2D eigenvalue weighted by atomic mass is 19.1. The predicted molar refractivity (Wildman–Crippen MR) is 68.6 cm³/mol. The van der Waals surface area contributed by atoms with Gasteiger partial charge in [-0.2, -0.15) is 0 Å². The Bertz CT molecular complexity index is 500. The first kappa shape index (κ1) is 12.6. The van der Waals surface area contributed by atoms with Crippen molar-refractivity contribution in [2.75, 3.05) is 13.1 Å². The highest BCUT2D eigenvalue weighted by molar-refractivity contribution is 5.95. The number of carbonyl (C=O) groups excluding carboxylic acids is 1. The lowest BCUT2D eigenvalue weighted by molar-refractivity contribution is 0.0768. The maximum Gasteiger partial charge on any atom is 0.255 e. The molecule has 18 heavy (non-hydrogen) atoms. The Morgan fingerprint density at radius 2 is 2.28 bits per heavy atom. The van der Waals surface area contributed by atoms with Gasteiger partial charge < -0.3 is 4.90 Å². The van der Waals surface area contributed by atoms with Crippen LogP contribution in [0.15, 0.2) is 18.2 Å². The number of rotatable bonds is 4. The summed E-state index contributed by atoms with van der Waals surface area (Å²) in [5.41, 5.74) is 1.19. The van der Waals surface area contributed by atoms with Crippen LogP contribution >= 0.6 is 0 Å². The molecule has 3 heteroatoms. The lowest BCUT2D eigenvalue weighted by atomic mass is 10.1. The zero-order chi connectivity index (χ0) is 13.1. The fourth-order valence-electron chi connectivity index (χ4n) is 1.94. The van der Waals surface area contributed by atoms with Gasteiger partial charge in [-0.25, -0.2) is 4.39 Å². The van der Waals surface area contributed by atoms with Gasteiger partial charge in [0.25, 0.3) is 5.91 Å². The number of amides is 1. The molecule has 0 unspecified atom stereocenters. The molecular weight excluding hydrogens is 229 g/mol. The second kappa shape index (κ2) is 5.22. The summed E-state index contributed by atoms with van der Waals surface area (Å²) in [5, 5.41) is 0. The molecule has 94 valence electrons. The van der Waals surface area contributed by atoms with Crippen LogP contribution in [-0.2, 0) is 0 Å². The van der Waals surface area contributed by atoms with Gasteiger partial charge in [0.2, 0.25) is 0 Å². The molecule has 1 aliphatic rings. The Morgan fingerprint density at radius 1 is 1.56 bits per heavy atom. The Morgan fingerprint density at radius 3 is 2.89 bits per heavy atom. The molecule has 0 saturated heterocycles. The lowest BCUT2D eigenvalue weighted by Crippen LogP contribution is -2.33. The molecule has 1 aromatic carbocycles. The molecule has 0 aliphatic heterocycles. The number of hydrogen-bond acceptors (Lipinski definition) is 1. The second-order valence-electron chi connectivity index (χ2n) is 4.79. The van der Waals surface area contributed by atoms with Crippen molar-refractivity contribution in [3.05, 3.63) is 35.1 Å². The van der Waals surface area contributed by atoms with Crippen LogP contribution in [0.1, 0.15) is 28.8 Å². The minimum absolute atomic E-state index is 0.170. The summed E-state index contributed by atoms with van der Waals surface area (Å²) in [6.07, 6.45) is 7.59. The molecule has 0 radical (unpaired) electrons. The Balaban J connectivity index is 2.20. The number of halogens is 1. The molecule has 2 rings (SSSR count). The van der Waals surface area contributed by atoms with E-state index in [-0.39, 0.29) is 12.5 Å². The molecule has 1 aliphatic carbocycles. The summed E-state index contributed by atoms with van der Waals surface area (Å²) in [4.78, 5) is 14.0. The van der Waals surface area contributed by atoms with Crippen LogP contribution in [0.2, 0.25) is 0 Å². The second-order valence-corrected chi connectivity index (χ2v) is 4.79. The zero-order valence-corrected chi connectivity index (χ0v) is 10.4. The summed E-state index contributed by atoms with van der Waals surface area (Å²) >= 11 is 0. The molecule has 1 aromatic rings. The molecular formula is C15H16FNO. The van der Waals surface area contributed by atoms with Gasteiger partial charge in [-0.3, -0.25) is 4.79 Å². The van der Waals surface area contributed by atoms with E-state index >= 15 is 0 Å². The third-order valence-corrected chi connectivity index (χ3v) is 3.17. The third kappa shape index (κ3) is 2.89. The molecule has 1 saturated carbocycles. The maximum absolute atomic E-state index is 13.2. The van der Waals surface area contributed by atoms with E-state index in [4.69, 9.17) is 6.42 Å². The van der Waals surface area contributed by atoms with E-state index in [1.807, 2.05) is 0 Å². The van der Waals surface area contributed by atoms with Crippen molar-refractivity contribution in [3.63, 3.8) is 0 Å². The van der Waals surface area contributed by atoms with Crippen molar-refractivity contribution in [2.45, 2.75) is 19.8 Å². The molecule has 0 atom stereocenters. The largest absolute Gasteiger partial charge is 0.327 e. The van der Waals surface area contributed by atoms with Gasteiger partial charge in [-0.05, 0) is 43.4 Å². The van der Waals surface area contributed by atoms with Crippen LogP contribution in [0, 0.1) is 31.0 Å². The van der Waals surface area contributed by atoms with Crippen LogP contribution in [0.4, 0.5) is 4.39 Å². The van der Waals surface area contributed by atoms with Gasteiger partial charge >= 0.3 is 0 Å². The van der Waals surface area contributed by atoms with Crippen LogP contribution < -0.4 is 0 Å². The number of carbonyl (C=O) groups is 1. The highest BCUT2D eigenvalue weighted by Gasteiger charge is 2.27. The minimum Gasteiger partial charge on any atom is -0.327 e. The molecule has 1 fully saturated rings. The third-order valence-electron chi connectivity index (χ3n) is 3.17. The molecule has 0 aromatic heterocycles. The van der Waals surface area contributed by atoms with E-state index in [0.717, 1.165) is 18.4 Å². The Labute approximate surface area is 107 Å². The zero-order valence-electron chi connectivity index (χ0n) is 10.4. The van der Waals surface area contributed by atoms with Gasteiger partial charge in [0.1, 0.15) is 5.82 Å². The van der Waals surface area contributed by atoms with E-state index in [0.29, 0.717) is 18.0 Å². The standard InChI is InChI=1S/C15H16FNO/c1-3-8-17(10-12-5-6-12)15(18)14-9-13(16)7-4-11(14)2/h1,4,7,9,12H,5-6,8,10H2,2H3. The van der Waals surface area contributed by atoms with E-state index in [1.165, 1.54) is 12.1 Å². The number of nitrogens with zero attached hydrogens (tertiary/aromatic N) is 1. The van der Waals surface area contributed by atoms with Crippen molar-refractivity contribution < 1.29 is 9.18 Å². The van der Waals surface area contributed by atoms with Gasteiger partial charge in [-0.15, -0.1) is 6.42 Å². The van der Waals surface area contributed by atoms with Gasteiger partial charge in [0.05, 0.1) is 6.54 Å². The first-order valence-corrected chi connectivity index (χ1v) is 6.10. The van der Waals surface area contributed by atoms with Gasteiger partial charge in [0, 0.05) is 12.1 Å². The van der Waals surface area contributed by atoms with E-state index in [2.05, 4.69) is 5.92 Å². The first-order valence-electron chi connectivity index (χ1n) is 6.10. The van der Waals surface area contributed by atoms with Crippen molar-refractivity contribution in [1.82, 2.24) is 4.90 Å².